The van der Waals surface area contributed by atoms with E-state index in [2.05, 4.69) is 62.0 Å². The number of amides is 1. The van der Waals surface area contributed by atoms with Crippen LogP contribution < -0.4 is 4.74 Å². The molecule has 2 aromatic carbocycles. The molecule has 1 saturated heterocycles. The number of imidazole rings is 2. The summed E-state index contributed by atoms with van der Waals surface area (Å²) in [7, 11) is 0. The second kappa shape index (κ2) is 11.6. The van der Waals surface area contributed by atoms with Crippen molar-refractivity contribution in [3.8, 4) is 28.3 Å². The number of nitrogens with one attached hydrogen (secondary N) is 1. The van der Waals surface area contributed by atoms with Crippen molar-refractivity contribution in [2.75, 3.05) is 6.54 Å². The van der Waals surface area contributed by atoms with Crippen molar-refractivity contribution >= 4 is 11.9 Å². The quantitative estimate of drug-likeness (QED) is 0.244. The summed E-state index contributed by atoms with van der Waals surface area (Å²) in [5.74, 6) is 3.31. The molecule has 1 N–H and O–H groups in total. The monoisotopic (exact) mass is 591 g/mol. The molecule has 228 valence electrons. The lowest BCUT2D eigenvalue weighted by atomic mass is 10.0. The van der Waals surface area contributed by atoms with Crippen LogP contribution in [0.1, 0.15) is 82.3 Å². The molecule has 1 aliphatic carbocycles. The van der Waals surface area contributed by atoms with Crippen molar-refractivity contribution in [2.45, 2.75) is 83.9 Å². The van der Waals surface area contributed by atoms with E-state index in [0.717, 1.165) is 71.4 Å². The van der Waals surface area contributed by atoms with E-state index >= 15 is 0 Å². The lowest BCUT2D eigenvalue weighted by Gasteiger charge is -2.27. The Labute approximate surface area is 259 Å². The van der Waals surface area contributed by atoms with E-state index in [0.29, 0.717) is 6.54 Å². The van der Waals surface area contributed by atoms with Gasteiger partial charge in [0.15, 0.2) is 0 Å². The minimum Gasteiger partial charge on any atom is -0.457 e. The highest BCUT2D eigenvalue weighted by Gasteiger charge is 2.35. The number of allylic oxidation sites excluding steroid dienone is 1. The van der Waals surface area contributed by atoms with Crippen LogP contribution in [0.5, 0.6) is 5.75 Å². The molecule has 1 amide bonds. The standard InChI is InChI=1S/C36H41N5O3/c1-36(2,3)44-35(42)41-18-6-9-30(41)34-38-20-29(39-34)27-14-16-33-28(19-27)15-17-32(43-33)26-12-10-25(11-13-26)31-21-37-23-40(31)22-24-7-4-5-8-24/h10-14,16-17,19-21,23-24,30H,4-9,15,18,22H2,1-3H3,(H,38,39). The molecule has 4 heterocycles. The average Bonchev–Trinajstić information content (AvgIpc) is 3.83. The van der Waals surface area contributed by atoms with Crippen molar-refractivity contribution in [1.82, 2.24) is 24.4 Å². The highest BCUT2D eigenvalue weighted by molar-refractivity contribution is 5.71. The summed E-state index contributed by atoms with van der Waals surface area (Å²) in [5.41, 5.74) is 5.99. The van der Waals surface area contributed by atoms with Gasteiger partial charge in [0, 0.05) is 24.2 Å². The average molecular weight is 592 g/mol. The molecule has 8 nitrogen and oxygen atoms in total. The number of benzene rings is 2. The number of likely N-dealkylation sites (tertiary alicyclic amines) is 1. The topological polar surface area (TPSA) is 85.3 Å². The van der Waals surface area contributed by atoms with E-state index in [1.54, 1.807) is 4.90 Å². The summed E-state index contributed by atoms with van der Waals surface area (Å²) < 4.78 is 14.3. The van der Waals surface area contributed by atoms with Gasteiger partial charge in [-0.05, 0) is 94.2 Å². The van der Waals surface area contributed by atoms with E-state index < -0.39 is 5.60 Å². The third-order valence-electron chi connectivity index (χ3n) is 9.00. The van der Waals surface area contributed by atoms with Gasteiger partial charge in [0.25, 0.3) is 0 Å². The van der Waals surface area contributed by atoms with Crippen molar-refractivity contribution in [1.29, 1.82) is 0 Å². The van der Waals surface area contributed by atoms with Crippen LogP contribution in [0.3, 0.4) is 0 Å². The Bertz CT molecular complexity index is 1670. The number of aromatic amines is 1. The first-order valence-electron chi connectivity index (χ1n) is 16.0. The predicted octanol–water partition coefficient (Wildman–Crippen LogP) is 8.18. The van der Waals surface area contributed by atoms with E-state index in [9.17, 15) is 4.79 Å². The predicted molar refractivity (Wildman–Crippen MR) is 171 cm³/mol. The van der Waals surface area contributed by atoms with Gasteiger partial charge in [0.2, 0.25) is 0 Å². The molecule has 0 bridgehead atoms. The molecular formula is C36H41N5O3. The fourth-order valence-electron chi connectivity index (χ4n) is 6.77. The number of ether oxygens (including phenoxy) is 2. The molecule has 44 heavy (non-hydrogen) atoms. The Kier molecular flexibility index (Phi) is 7.52. The van der Waals surface area contributed by atoms with Gasteiger partial charge in [-0.2, -0.15) is 0 Å². The fourth-order valence-corrected chi connectivity index (χ4v) is 6.77. The Morgan fingerprint density at radius 1 is 1.00 bits per heavy atom. The zero-order valence-corrected chi connectivity index (χ0v) is 25.9. The molecular weight excluding hydrogens is 550 g/mol. The summed E-state index contributed by atoms with van der Waals surface area (Å²) in [5, 5.41) is 0. The molecule has 8 heteroatoms. The van der Waals surface area contributed by atoms with Crippen molar-refractivity contribution in [3.05, 3.63) is 84.2 Å². The van der Waals surface area contributed by atoms with Crippen molar-refractivity contribution in [2.24, 2.45) is 5.92 Å². The number of rotatable bonds is 6. The highest BCUT2D eigenvalue weighted by Crippen LogP contribution is 2.36. The van der Waals surface area contributed by atoms with Crippen LogP contribution >= 0.6 is 0 Å². The number of H-pyrrole nitrogens is 1. The second-order valence-corrected chi connectivity index (χ2v) is 13.4. The summed E-state index contributed by atoms with van der Waals surface area (Å²) in [4.78, 5) is 27.2. The molecule has 0 spiro atoms. The molecule has 1 atom stereocenters. The number of fused-ring (bicyclic) bond motifs is 1. The molecule has 3 aliphatic rings. The minimum absolute atomic E-state index is 0.107. The number of carbonyl (C=O) groups excluding carboxylic acids is 1. The lowest BCUT2D eigenvalue weighted by molar-refractivity contribution is 0.0218. The van der Waals surface area contributed by atoms with Crippen LogP contribution in [-0.4, -0.2) is 42.7 Å². The highest BCUT2D eigenvalue weighted by atomic mass is 16.6. The Morgan fingerprint density at radius 3 is 2.57 bits per heavy atom. The lowest BCUT2D eigenvalue weighted by Crippen LogP contribution is -2.36. The van der Waals surface area contributed by atoms with Gasteiger partial charge < -0.3 is 19.0 Å². The summed E-state index contributed by atoms with van der Waals surface area (Å²) in [6.07, 6.45) is 15.6. The largest absolute Gasteiger partial charge is 0.457 e. The molecule has 1 saturated carbocycles. The third-order valence-corrected chi connectivity index (χ3v) is 9.00. The normalized spacial score (nSPS) is 18.7. The molecule has 7 rings (SSSR count). The SMILES string of the molecule is CC(C)(C)OC(=O)N1CCCC1c1ncc(-c2ccc3c(c2)CC=C(c2ccc(-c4cncn4CC4CCCC4)cc2)O3)[nH]1. The van der Waals surface area contributed by atoms with Crippen LogP contribution in [0.2, 0.25) is 0 Å². The number of aromatic nitrogens is 4. The van der Waals surface area contributed by atoms with Crippen LogP contribution in [0.25, 0.3) is 28.3 Å². The van der Waals surface area contributed by atoms with Crippen molar-refractivity contribution < 1.29 is 14.3 Å². The van der Waals surface area contributed by atoms with Gasteiger partial charge >= 0.3 is 6.09 Å². The zero-order valence-electron chi connectivity index (χ0n) is 25.9. The maximum atomic E-state index is 12.8. The van der Waals surface area contributed by atoms with Crippen LogP contribution in [0.4, 0.5) is 4.79 Å². The van der Waals surface area contributed by atoms with Crippen molar-refractivity contribution in [3.63, 3.8) is 0 Å². The van der Waals surface area contributed by atoms with Crippen LogP contribution in [0.15, 0.2) is 67.3 Å². The van der Waals surface area contributed by atoms with Crippen LogP contribution in [-0.2, 0) is 17.7 Å². The molecule has 2 aromatic heterocycles. The van der Waals surface area contributed by atoms with E-state index in [1.165, 1.54) is 36.9 Å². The summed E-state index contributed by atoms with van der Waals surface area (Å²) in [6, 6.07) is 14.8. The number of hydrogen-bond donors (Lipinski definition) is 1. The third kappa shape index (κ3) is 5.90. The molecule has 1 unspecified atom stereocenters. The minimum atomic E-state index is -0.527. The van der Waals surface area contributed by atoms with Gasteiger partial charge in [-0.3, -0.25) is 4.90 Å². The first-order valence-corrected chi connectivity index (χ1v) is 16.0. The van der Waals surface area contributed by atoms with E-state index in [1.807, 2.05) is 45.6 Å². The Morgan fingerprint density at radius 2 is 1.77 bits per heavy atom. The molecule has 2 aliphatic heterocycles. The maximum absolute atomic E-state index is 12.8. The Hall–Kier alpha value is -4.33. The van der Waals surface area contributed by atoms with Crippen LogP contribution in [0, 0.1) is 5.92 Å². The number of carbonyl (C=O) groups is 1. The van der Waals surface area contributed by atoms with Gasteiger partial charge in [-0.25, -0.2) is 14.8 Å². The van der Waals surface area contributed by atoms with Gasteiger partial charge in [0.05, 0.1) is 36.2 Å². The first kappa shape index (κ1) is 28.4. The number of hydrogen-bond acceptors (Lipinski definition) is 5. The summed E-state index contributed by atoms with van der Waals surface area (Å²) in [6.45, 7) is 7.40. The first-order chi connectivity index (χ1) is 21.3. The number of nitrogens with zero attached hydrogens (tertiary/aromatic N) is 4. The second-order valence-electron chi connectivity index (χ2n) is 13.4. The smallest absolute Gasteiger partial charge is 0.410 e. The van der Waals surface area contributed by atoms with E-state index in [-0.39, 0.29) is 12.1 Å². The Balaban J connectivity index is 1.03. The van der Waals surface area contributed by atoms with Gasteiger partial charge in [-0.15, -0.1) is 0 Å². The van der Waals surface area contributed by atoms with Gasteiger partial charge in [-0.1, -0.05) is 37.1 Å². The molecule has 0 radical (unpaired) electrons. The van der Waals surface area contributed by atoms with Gasteiger partial charge in [0.1, 0.15) is 22.9 Å². The van der Waals surface area contributed by atoms with E-state index in [4.69, 9.17) is 9.47 Å². The zero-order chi connectivity index (χ0) is 30.3. The summed E-state index contributed by atoms with van der Waals surface area (Å²) >= 11 is 0. The molecule has 2 fully saturated rings. The molecule has 4 aromatic rings. The fraction of sp³-hybridized carbons (Fsp3) is 0.417. The maximum Gasteiger partial charge on any atom is 0.410 e.